The van der Waals surface area contributed by atoms with Crippen molar-refractivity contribution < 1.29 is 17.9 Å². The number of halogens is 3. The number of likely N-dealkylation sites (tertiary alicyclic amines) is 1. The first kappa shape index (κ1) is 16.0. The van der Waals surface area contributed by atoms with Gasteiger partial charge in [-0.05, 0) is 25.2 Å². The lowest BCUT2D eigenvalue weighted by molar-refractivity contribution is -0.134. The van der Waals surface area contributed by atoms with E-state index in [9.17, 15) is 13.2 Å². The summed E-state index contributed by atoms with van der Waals surface area (Å²) in [6.07, 6.45) is -0.382. The average Bonchev–Trinajstić information content (AvgIpc) is 3.12. The Morgan fingerprint density at radius 3 is 2.68 bits per heavy atom. The van der Waals surface area contributed by atoms with Crippen molar-refractivity contribution in [2.75, 3.05) is 38.2 Å². The van der Waals surface area contributed by atoms with E-state index in [2.05, 4.69) is 15.2 Å². The van der Waals surface area contributed by atoms with Crippen LogP contribution in [0.2, 0.25) is 0 Å². The third-order valence-corrected chi connectivity index (χ3v) is 5.21. The van der Waals surface area contributed by atoms with Gasteiger partial charge in [0.2, 0.25) is 0 Å². The molecule has 22 heavy (non-hydrogen) atoms. The van der Waals surface area contributed by atoms with Crippen LogP contribution in [0.1, 0.15) is 24.1 Å². The molecule has 2 fully saturated rings. The number of alkyl halides is 3. The Kier molecular flexibility index (Phi) is 4.89. The molecule has 3 rings (SSSR count). The van der Waals surface area contributed by atoms with Gasteiger partial charge in [-0.15, -0.1) is 0 Å². The number of thiazole rings is 1. The molecular weight excluding hydrogens is 315 g/mol. The van der Waals surface area contributed by atoms with E-state index in [0.717, 1.165) is 58.3 Å². The third kappa shape index (κ3) is 4.11. The topological polar surface area (TPSA) is 37.4 Å². The lowest BCUT2D eigenvalue weighted by atomic mass is 10.0. The van der Waals surface area contributed by atoms with Crippen LogP contribution in [0.25, 0.3) is 0 Å². The third-order valence-electron chi connectivity index (χ3n) is 4.24. The molecule has 8 heteroatoms. The molecule has 1 aromatic rings. The Morgan fingerprint density at radius 1 is 1.32 bits per heavy atom. The number of anilines is 1. The van der Waals surface area contributed by atoms with Crippen LogP contribution in [0.4, 0.5) is 18.3 Å². The molecule has 124 valence electrons. The van der Waals surface area contributed by atoms with Gasteiger partial charge in [0.1, 0.15) is 4.88 Å². The van der Waals surface area contributed by atoms with E-state index in [4.69, 9.17) is 4.74 Å². The van der Waals surface area contributed by atoms with E-state index >= 15 is 0 Å². The van der Waals surface area contributed by atoms with Crippen molar-refractivity contribution in [1.82, 2.24) is 9.88 Å². The van der Waals surface area contributed by atoms with Crippen LogP contribution in [0.5, 0.6) is 0 Å². The second kappa shape index (κ2) is 6.72. The predicted molar refractivity (Wildman–Crippen MR) is 79.1 cm³/mol. The normalized spacial score (nSPS) is 24.8. The highest BCUT2D eigenvalue weighted by molar-refractivity contribution is 7.15. The van der Waals surface area contributed by atoms with E-state index in [0.29, 0.717) is 22.4 Å². The maximum atomic E-state index is 12.6. The first-order valence-corrected chi connectivity index (χ1v) is 8.42. The second-order valence-electron chi connectivity index (χ2n) is 5.98. The van der Waals surface area contributed by atoms with Gasteiger partial charge in [-0.25, -0.2) is 4.98 Å². The maximum absolute atomic E-state index is 12.6. The summed E-state index contributed by atoms with van der Waals surface area (Å²) >= 11 is 0.683. The highest BCUT2D eigenvalue weighted by Crippen LogP contribution is 2.35. The minimum atomic E-state index is -4.30. The summed E-state index contributed by atoms with van der Waals surface area (Å²) in [5, 5.41) is 3.51. The largest absolute Gasteiger partial charge is 0.427 e. The van der Waals surface area contributed by atoms with E-state index in [1.165, 1.54) is 0 Å². The molecule has 0 spiro atoms. The van der Waals surface area contributed by atoms with Crippen LogP contribution in [-0.4, -0.2) is 48.8 Å². The van der Waals surface area contributed by atoms with Crippen LogP contribution in [0.15, 0.2) is 6.20 Å². The molecule has 1 atom stereocenters. The van der Waals surface area contributed by atoms with Crippen molar-refractivity contribution in [3.8, 4) is 0 Å². The number of piperidine rings is 1. The monoisotopic (exact) mass is 335 g/mol. The van der Waals surface area contributed by atoms with E-state index < -0.39 is 11.1 Å². The molecule has 3 heterocycles. The highest BCUT2D eigenvalue weighted by atomic mass is 32.1. The summed E-state index contributed by atoms with van der Waals surface area (Å²) in [5.41, 5.74) is 0. The lowest BCUT2D eigenvalue weighted by Crippen LogP contribution is -2.41. The fraction of sp³-hybridized carbons (Fsp3) is 0.786. The SMILES string of the molecule is FC(F)(F)c1cnc(NC2CCN(C[C@H]3CCOC3)CC2)s1. The molecule has 0 bridgehead atoms. The number of ether oxygens (including phenoxy) is 1. The molecule has 1 N–H and O–H groups in total. The standard InChI is InChI=1S/C14H20F3N3OS/c15-14(16,17)12-7-18-13(22-12)19-11-1-4-20(5-2-11)8-10-3-6-21-9-10/h7,10-11H,1-6,8-9H2,(H,18,19)/t10-/m1/s1. The molecule has 2 aliphatic rings. The lowest BCUT2D eigenvalue weighted by Gasteiger charge is -2.33. The van der Waals surface area contributed by atoms with Gasteiger partial charge in [-0.2, -0.15) is 13.2 Å². The van der Waals surface area contributed by atoms with Gasteiger partial charge in [0.25, 0.3) is 0 Å². The Balaban J connectivity index is 1.44. The smallest absolute Gasteiger partial charge is 0.381 e. The van der Waals surface area contributed by atoms with E-state index in [1.54, 1.807) is 0 Å². The maximum Gasteiger partial charge on any atom is 0.427 e. The van der Waals surface area contributed by atoms with E-state index in [1.807, 2.05) is 0 Å². The van der Waals surface area contributed by atoms with Gasteiger partial charge < -0.3 is 15.0 Å². The average molecular weight is 335 g/mol. The van der Waals surface area contributed by atoms with Crippen LogP contribution in [0.3, 0.4) is 0 Å². The number of aromatic nitrogens is 1. The summed E-state index contributed by atoms with van der Waals surface area (Å²) in [4.78, 5) is 5.62. The Bertz CT molecular complexity index is 480. The molecule has 0 radical (unpaired) electrons. The molecule has 0 amide bonds. The van der Waals surface area contributed by atoms with Crippen molar-refractivity contribution in [2.24, 2.45) is 5.92 Å². The predicted octanol–water partition coefficient (Wildman–Crippen LogP) is 3.07. The molecule has 0 aromatic carbocycles. The molecule has 4 nitrogen and oxygen atoms in total. The summed E-state index contributed by atoms with van der Waals surface area (Å²) < 4.78 is 43.0. The van der Waals surface area contributed by atoms with Crippen molar-refractivity contribution in [1.29, 1.82) is 0 Å². The highest BCUT2D eigenvalue weighted by Gasteiger charge is 2.33. The van der Waals surface area contributed by atoms with Gasteiger partial charge in [-0.3, -0.25) is 0 Å². The van der Waals surface area contributed by atoms with Gasteiger partial charge in [-0.1, -0.05) is 11.3 Å². The summed E-state index contributed by atoms with van der Waals surface area (Å²) in [5.74, 6) is 0.637. The van der Waals surface area contributed by atoms with Gasteiger partial charge >= 0.3 is 6.18 Å². The van der Waals surface area contributed by atoms with Crippen molar-refractivity contribution in [3.05, 3.63) is 11.1 Å². The van der Waals surface area contributed by atoms with Crippen molar-refractivity contribution in [3.63, 3.8) is 0 Å². The summed E-state index contributed by atoms with van der Waals surface area (Å²) in [6, 6.07) is 0.211. The van der Waals surface area contributed by atoms with Crippen molar-refractivity contribution in [2.45, 2.75) is 31.5 Å². The zero-order chi connectivity index (χ0) is 15.6. The number of nitrogens with one attached hydrogen (secondary N) is 1. The second-order valence-corrected chi connectivity index (χ2v) is 7.01. The first-order chi connectivity index (χ1) is 10.5. The van der Waals surface area contributed by atoms with Gasteiger partial charge in [0.05, 0.1) is 12.8 Å². The zero-order valence-corrected chi connectivity index (χ0v) is 13.1. The van der Waals surface area contributed by atoms with Crippen LogP contribution >= 0.6 is 11.3 Å². The van der Waals surface area contributed by atoms with Crippen LogP contribution in [0, 0.1) is 5.92 Å². The molecule has 0 aliphatic carbocycles. The number of rotatable bonds is 4. The molecule has 0 saturated carbocycles. The van der Waals surface area contributed by atoms with Crippen LogP contribution in [-0.2, 0) is 10.9 Å². The molecule has 2 aliphatic heterocycles. The van der Waals surface area contributed by atoms with Gasteiger partial charge in [0, 0.05) is 32.3 Å². The molecule has 0 unspecified atom stereocenters. The van der Waals surface area contributed by atoms with E-state index in [-0.39, 0.29) is 6.04 Å². The Hall–Kier alpha value is -0.860. The summed E-state index contributed by atoms with van der Waals surface area (Å²) in [6.45, 7) is 4.76. The number of hydrogen-bond acceptors (Lipinski definition) is 5. The fourth-order valence-corrected chi connectivity index (χ4v) is 3.76. The van der Waals surface area contributed by atoms with Crippen molar-refractivity contribution >= 4 is 16.5 Å². The molecule has 1 aromatic heterocycles. The quantitative estimate of drug-likeness (QED) is 0.918. The zero-order valence-electron chi connectivity index (χ0n) is 12.2. The fourth-order valence-electron chi connectivity index (χ4n) is 3.00. The van der Waals surface area contributed by atoms with Gasteiger partial charge in [0.15, 0.2) is 5.13 Å². The molecule has 2 saturated heterocycles. The summed E-state index contributed by atoms with van der Waals surface area (Å²) in [7, 11) is 0. The Labute approximate surface area is 131 Å². The molecular formula is C14H20F3N3OS. The van der Waals surface area contributed by atoms with Crippen LogP contribution < -0.4 is 5.32 Å². The first-order valence-electron chi connectivity index (χ1n) is 7.60. The Morgan fingerprint density at radius 2 is 2.09 bits per heavy atom. The number of nitrogens with zero attached hydrogens (tertiary/aromatic N) is 2. The number of hydrogen-bond donors (Lipinski definition) is 1. The minimum absolute atomic E-state index is 0.211. The minimum Gasteiger partial charge on any atom is -0.381 e.